The van der Waals surface area contributed by atoms with Crippen molar-refractivity contribution in [3.05, 3.63) is 99.8 Å². The maximum Gasteiger partial charge on any atom is 0.311 e. The molecule has 0 aliphatic rings. The zero-order valence-corrected chi connectivity index (χ0v) is 20.8. The highest BCUT2D eigenvalue weighted by molar-refractivity contribution is 6.30. The van der Waals surface area contributed by atoms with E-state index in [9.17, 15) is 10.1 Å². The smallest absolute Gasteiger partial charge is 0.311 e. The Bertz CT molecular complexity index is 1570. The topological polar surface area (TPSA) is 146 Å². The number of nitro groups is 1. The Balaban J connectivity index is 1.23. The van der Waals surface area contributed by atoms with Gasteiger partial charge < -0.3 is 21.1 Å². The minimum atomic E-state index is -0.565. The lowest BCUT2D eigenvalue weighted by Crippen LogP contribution is -2.17. The summed E-state index contributed by atoms with van der Waals surface area (Å²) in [6.45, 7) is 1.42. The van der Waals surface area contributed by atoms with Crippen molar-refractivity contribution in [1.82, 2.24) is 19.4 Å². The number of hydrogen-bond acceptors (Lipinski definition) is 9. The van der Waals surface area contributed by atoms with E-state index in [0.29, 0.717) is 36.5 Å². The van der Waals surface area contributed by atoms with Crippen molar-refractivity contribution in [2.24, 2.45) is 0 Å². The predicted molar refractivity (Wildman–Crippen MR) is 146 cm³/mol. The molecule has 3 heterocycles. The van der Waals surface area contributed by atoms with Gasteiger partial charge in [-0.2, -0.15) is 0 Å². The Morgan fingerprint density at radius 2 is 1.76 bits per heavy atom. The van der Waals surface area contributed by atoms with E-state index >= 15 is 0 Å². The number of anilines is 3. The number of halogens is 1. The third kappa shape index (κ3) is 5.73. The average Bonchev–Trinajstić information content (AvgIpc) is 3.40. The molecule has 0 unspecified atom stereocenters. The first-order valence-electron chi connectivity index (χ1n) is 11.7. The van der Waals surface area contributed by atoms with Gasteiger partial charge in [-0.1, -0.05) is 23.7 Å². The first-order chi connectivity index (χ1) is 18.5. The molecule has 0 aliphatic carbocycles. The number of nitrogens with one attached hydrogen (secondary N) is 2. The van der Waals surface area contributed by atoms with Crippen LogP contribution in [0.3, 0.4) is 0 Å². The Labute approximate surface area is 222 Å². The van der Waals surface area contributed by atoms with Crippen LogP contribution in [0.4, 0.5) is 23.3 Å². The summed E-state index contributed by atoms with van der Waals surface area (Å²) in [6, 6.07) is 20.0. The number of nitrogens with zero attached hydrogens (tertiary/aromatic N) is 5. The van der Waals surface area contributed by atoms with Gasteiger partial charge in [-0.15, -0.1) is 0 Å². The van der Waals surface area contributed by atoms with Crippen molar-refractivity contribution in [3.63, 3.8) is 0 Å². The molecule has 192 valence electrons. The fraction of sp³-hybridized carbons (Fsp3) is 0.115. The molecule has 12 heteroatoms. The van der Waals surface area contributed by atoms with Gasteiger partial charge in [0.2, 0.25) is 11.8 Å². The fourth-order valence-electron chi connectivity index (χ4n) is 3.75. The molecule has 5 rings (SSSR count). The summed E-state index contributed by atoms with van der Waals surface area (Å²) in [7, 11) is 0. The van der Waals surface area contributed by atoms with Gasteiger partial charge in [0.15, 0.2) is 0 Å². The zero-order chi connectivity index (χ0) is 26.5. The van der Waals surface area contributed by atoms with E-state index < -0.39 is 4.92 Å². The van der Waals surface area contributed by atoms with Gasteiger partial charge in [0.1, 0.15) is 23.8 Å². The molecule has 0 aliphatic heterocycles. The van der Waals surface area contributed by atoms with Crippen molar-refractivity contribution in [2.45, 2.75) is 6.61 Å². The molecule has 0 atom stereocenters. The van der Waals surface area contributed by atoms with Gasteiger partial charge in [0.05, 0.1) is 10.6 Å². The predicted octanol–water partition coefficient (Wildman–Crippen LogP) is 5.04. The van der Waals surface area contributed by atoms with Crippen LogP contribution in [0.5, 0.6) is 5.75 Å². The van der Waals surface area contributed by atoms with Crippen LogP contribution in [0.15, 0.2) is 79.1 Å². The zero-order valence-electron chi connectivity index (χ0n) is 20.0. The Morgan fingerprint density at radius 1 is 1.00 bits per heavy atom. The van der Waals surface area contributed by atoms with Crippen LogP contribution in [0.1, 0.15) is 5.56 Å². The lowest BCUT2D eigenvalue weighted by Gasteiger charge is -2.12. The van der Waals surface area contributed by atoms with Crippen LogP contribution in [-0.2, 0) is 6.61 Å². The lowest BCUT2D eigenvalue weighted by molar-refractivity contribution is -0.384. The maximum absolute atomic E-state index is 10.9. The standard InChI is InChI=1S/C26H23ClN8O3/c27-19-5-1-17(2-6-19)16-38-20-7-3-18(4-8-20)21-15-24-30-13-14-34(24)26(32-21)31-12-11-29-23-10-9-22(35(36)37)25(28)33-23/h1-10,13-15H,11-12,16H2,(H,31,32)(H3,28,29,33). The van der Waals surface area contributed by atoms with Crippen LogP contribution < -0.4 is 21.1 Å². The molecule has 0 saturated heterocycles. The molecular weight excluding hydrogens is 508 g/mol. The monoisotopic (exact) mass is 530 g/mol. The number of nitrogens with two attached hydrogens (primary N) is 1. The average molecular weight is 531 g/mol. The minimum absolute atomic E-state index is 0.135. The van der Waals surface area contributed by atoms with E-state index in [0.717, 1.165) is 28.2 Å². The third-order valence-electron chi connectivity index (χ3n) is 5.67. The summed E-state index contributed by atoms with van der Waals surface area (Å²) >= 11 is 5.94. The van der Waals surface area contributed by atoms with E-state index in [1.165, 1.54) is 12.1 Å². The molecule has 0 saturated carbocycles. The number of fused-ring (bicyclic) bond motifs is 1. The second-order valence-electron chi connectivity index (χ2n) is 8.27. The van der Waals surface area contributed by atoms with Crippen molar-refractivity contribution < 1.29 is 9.66 Å². The van der Waals surface area contributed by atoms with Crippen LogP contribution in [-0.4, -0.2) is 37.4 Å². The summed E-state index contributed by atoms with van der Waals surface area (Å²) in [5.74, 6) is 1.68. The van der Waals surface area contributed by atoms with Crippen LogP contribution >= 0.6 is 11.6 Å². The van der Waals surface area contributed by atoms with Gasteiger partial charge in [-0.25, -0.2) is 15.0 Å². The molecule has 11 nitrogen and oxygen atoms in total. The number of hydrogen-bond donors (Lipinski definition) is 3. The Hall–Kier alpha value is -4.90. The Kier molecular flexibility index (Phi) is 7.18. The largest absolute Gasteiger partial charge is 0.489 e. The van der Waals surface area contributed by atoms with Gasteiger partial charge >= 0.3 is 5.69 Å². The van der Waals surface area contributed by atoms with E-state index in [4.69, 9.17) is 27.1 Å². The van der Waals surface area contributed by atoms with Gasteiger partial charge in [-0.3, -0.25) is 14.5 Å². The van der Waals surface area contributed by atoms with E-state index in [1.54, 1.807) is 6.20 Å². The SMILES string of the molecule is Nc1nc(NCCNc2nc(-c3ccc(OCc4ccc(Cl)cc4)cc3)cc3nccn23)ccc1[N+](=O)[O-]. The van der Waals surface area contributed by atoms with Crippen molar-refractivity contribution in [3.8, 4) is 17.0 Å². The highest BCUT2D eigenvalue weighted by Gasteiger charge is 2.13. The first-order valence-corrected chi connectivity index (χ1v) is 12.0. The van der Waals surface area contributed by atoms with Crippen molar-refractivity contribution >= 4 is 40.5 Å². The Morgan fingerprint density at radius 3 is 2.50 bits per heavy atom. The summed E-state index contributed by atoms with van der Waals surface area (Å²) in [4.78, 5) is 23.6. The molecule has 0 radical (unpaired) electrons. The van der Waals surface area contributed by atoms with Gasteiger partial charge in [0.25, 0.3) is 0 Å². The summed E-state index contributed by atoms with van der Waals surface area (Å²) < 4.78 is 7.74. The molecule has 38 heavy (non-hydrogen) atoms. The second kappa shape index (κ2) is 11.0. The van der Waals surface area contributed by atoms with Gasteiger partial charge in [-0.05, 0) is 48.0 Å². The fourth-order valence-corrected chi connectivity index (χ4v) is 3.88. The van der Waals surface area contributed by atoms with Crippen LogP contribution in [0.2, 0.25) is 5.02 Å². The maximum atomic E-state index is 10.9. The summed E-state index contributed by atoms with van der Waals surface area (Å²) in [6.07, 6.45) is 3.54. The molecule has 0 fully saturated rings. The number of benzene rings is 2. The highest BCUT2D eigenvalue weighted by Crippen LogP contribution is 2.25. The second-order valence-corrected chi connectivity index (χ2v) is 8.71. The lowest BCUT2D eigenvalue weighted by atomic mass is 10.1. The van der Waals surface area contributed by atoms with E-state index in [1.807, 2.05) is 65.2 Å². The summed E-state index contributed by atoms with van der Waals surface area (Å²) in [5.41, 5.74) is 8.89. The first kappa shape index (κ1) is 24.8. The molecular formula is C26H23ClN8O3. The minimum Gasteiger partial charge on any atom is -0.489 e. The molecule has 3 aromatic heterocycles. The quantitative estimate of drug-likeness (QED) is 0.128. The molecule has 0 bridgehead atoms. The van der Waals surface area contributed by atoms with Gasteiger partial charge in [0, 0.05) is 48.2 Å². The number of aromatic nitrogens is 4. The molecule has 2 aromatic carbocycles. The molecule has 0 amide bonds. The number of rotatable bonds is 10. The number of pyridine rings is 1. The van der Waals surface area contributed by atoms with Crippen molar-refractivity contribution in [2.75, 3.05) is 29.5 Å². The van der Waals surface area contributed by atoms with E-state index in [-0.39, 0.29) is 11.5 Å². The molecule has 0 spiro atoms. The number of nitrogen functional groups attached to an aromatic ring is 1. The number of imidazole rings is 1. The molecule has 5 aromatic rings. The van der Waals surface area contributed by atoms with Crippen LogP contribution in [0.25, 0.3) is 16.9 Å². The highest BCUT2D eigenvalue weighted by atomic mass is 35.5. The van der Waals surface area contributed by atoms with Crippen molar-refractivity contribution in [1.29, 1.82) is 0 Å². The summed E-state index contributed by atoms with van der Waals surface area (Å²) in [5, 5.41) is 18.0. The normalized spacial score (nSPS) is 10.9. The number of ether oxygens (including phenoxy) is 1. The molecule has 4 N–H and O–H groups in total. The third-order valence-corrected chi connectivity index (χ3v) is 5.92. The van der Waals surface area contributed by atoms with E-state index in [2.05, 4.69) is 20.6 Å². The van der Waals surface area contributed by atoms with Crippen LogP contribution in [0, 0.1) is 10.1 Å².